The first kappa shape index (κ1) is 20.8. The van der Waals surface area contributed by atoms with Gasteiger partial charge in [-0.2, -0.15) is 0 Å². The standard InChI is InChI=1S/C23H15Cl2N5OS/c24-16-8-6-15(7-9-16)22-27-28-23(30(22)19-4-2-1-3-5-19)32-14-18-12-21(31)29-13-17(25)10-11-20(29)26-18/h1-13H,14H2. The van der Waals surface area contributed by atoms with Gasteiger partial charge in [0.2, 0.25) is 0 Å². The third-order valence-corrected chi connectivity index (χ3v) is 6.21. The number of nitrogens with zero attached hydrogens (tertiary/aromatic N) is 5. The molecule has 0 fully saturated rings. The lowest BCUT2D eigenvalue weighted by Gasteiger charge is -2.10. The SMILES string of the molecule is O=c1cc(CSc2nnc(-c3ccc(Cl)cc3)n2-c2ccccc2)nc2ccc(Cl)cn12. The summed E-state index contributed by atoms with van der Waals surface area (Å²) in [7, 11) is 0. The van der Waals surface area contributed by atoms with Gasteiger partial charge < -0.3 is 0 Å². The zero-order chi connectivity index (χ0) is 22.1. The number of pyridine rings is 1. The Labute approximate surface area is 197 Å². The Morgan fingerprint density at radius 3 is 2.41 bits per heavy atom. The zero-order valence-corrected chi connectivity index (χ0v) is 18.8. The molecule has 158 valence electrons. The molecule has 0 saturated carbocycles. The summed E-state index contributed by atoms with van der Waals surface area (Å²) in [5.41, 5.74) is 2.85. The molecule has 0 amide bonds. The van der Waals surface area contributed by atoms with E-state index in [0.717, 1.165) is 11.3 Å². The Kier molecular flexibility index (Phi) is 5.70. The molecule has 0 radical (unpaired) electrons. The molecular weight excluding hydrogens is 465 g/mol. The average molecular weight is 480 g/mol. The highest BCUT2D eigenvalue weighted by molar-refractivity contribution is 7.98. The van der Waals surface area contributed by atoms with Gasteiger partial charge in [-0.05, 0) is 48.5 Å². The van der Waals surface area contributed by atoms with Crippen LogP contribution in [0, 0.1) is 0 Å². The Balaban J connectivity index is 1.51. The first-order valence-electron chi connectivity index (χ1n) is 9.66. The molecule has 0 atom stereocenters. The lowest BCUT2D eigenvalue weighted by molar-refractivity contribution is 0.884. The second kappa shape index (κ2) is 8.78. The first-order chi connectivity index (χ1) is 15.6. The van der Waals surface area contributed by atoms with E-state index in [9.17, 15) is 4.79 Å². The molecule has 3 heterocycles. The van der Waals surface area contributed by atoms with Crippen LogP contribution >= 0.6 is 35.0 Å². The van der Waals surface area contributed by atoms with Crippen molar-refractivity contribution in [3.05, 3.63) is 105 Å². The van der Waals surface area contributed by atoms with Crippen molar-refractivity contribution in [1.29, 1.82) is 0 Å². The Morgan fingerprint density at radius 2 is 1.62 bits per heavy atom. The van der Waals surface area contributed by atoms with Gasteiger partial charge in [-0.25, -0.2) is 4.98 Å². The maximum Gasteiger partial charge on any atom is 0.258 e. The molecule has 5 aromatic rings. The minimum atomic E-state index is -0.181. The molecule has 2 aromatic carbocycles. The van der Waals surface area contributed by atoms with Gasteiger partial charge in [0.05, 0.1) is 10.7 Å². The monoisotopic (exact) mass is 479 g/mol. The van der Waals surface area contributed by atoms with Crippen molar-refractivity contribution in [2.24, 2.45) is 0 Å². The van der Waals surface area contributed by atoms with Gasteiger partial charge in [0.15, 0.2) is 11.0 Å². The van der Waals surface area contributed by atoms with Crippen LogP contribution in [0.15, 0.2) is 88.9 Å². The van der Waals surface area contributed by atoms with E-state index in [4.69, 9.17) is 23.2 Å². The lowest BCUT2D eigenvalue weighted by atomic mass is 10.2. The van der Waals surface area contributed by atoms with E-state index in [2.05, 4.69) is 15.2 Å². The Morgan fingerprint density at radius 1 is 0.875 bits per heavy atom. The van der Waals surface area contributed by atoms with E-state index in [1.165, 1.54) is 22.2 Å². The van der Waals surface area contributed by atoms with E-state index in [-0.39, 0.29) is 5.56 Å². The van der Waals surface area contributed by atoms with E-state index in [1.54, 1.807) is 18.3 Å². The first-order valence-corrected chi connectivity index (χ1v) is 11.4. The third-order valence-electron chi connectivity index (χ3n) is 4.78. The van der Waals surface area contributed by atoms with Crippen molar-refractivity contribution in [2.75, 3.05) is 0 Å². The molecular formula is C23H15Cl2N5OS. The van der Waals surface area contributed by atoms with Crippen LogP contribution in [0.4, 0.5) is 0 Å². The summed E-state index contributed by atoms with van der Waals surface area (Å²) in [5.74, 6) is 1.16. The summed E-state index contributed by atoms with van der Waals surface area (Å²) in [5, 5.41) is 10.7. The Bertz CT molecular complexity index is 1470. The van der Waals surface area contributed by atoms with Gasteiger partial charge in [-0.1, -0.05) is 53.2 Å². The van der Waals surface area contributed by atoms with Crippen molar-refractivity contribution >= 4 is 40.6 Å². The van der Waals surface area contributed by atoms with Gasteiger partial charge in [-0.3, -0.25) is 13.8 Å². The summed E-state index contributed by atoms with van der Waals surface area (Å²) in [6, 6.07) is 22.3. The molecule has 0 N–H and O–H groups in total. The zero-order valence-electron chi connectivity index (χ0n) is 16.5. The number of halogens is 2. The fourth-order valence-electron chi connectivity index (χ4n) is 3.30. The number of benzene rings is 2. The number of hydrogen-bond acceptors (Lipinski definition) is 5. The van der Waals surface area contributed by atoms with Gasteiger partial charge >= 0.3 is 0 Å². The normalized spacial score (nSPS) is 11.2. The highest BCUT2D eigenvalue weighted by atomic mass is 35.5. The van der Waals surface area contributed by atoms with Crippen LogP contribution in [0.25, 0.3) is 22.7 Å². The molecule has 9 heteroatoms. The van der Waals surface area contributed by atoms with E-state index >= 15 is 0 Å². The van der Waals surface area contributed by atoms with Crippen LogP contribution < -0.4 is 5.56 Å². The van der Waals surface area contributed by atoms with Gasteiger partial charge in [0.1, 0.15) is 5.65 Å². The van der Waals surface area contributed by atoms with Crippen LogP contribution in [0.5, 0.6) is 0 Å². The lowest BCUT2D eigenvalue weighted by Crippen LogP contribution is -2.15. The van der Waals surface area contributed by atoms with Crippen molar-refractivity contribution < 1.29 is 0 Å². The highest BCUT2D eigenvalue weighted by Gasteiger charge is 2.17. The smallest absolute Gasteiger partial charge is 0.258 e. The molecule has 3 aromatic heterocycles. The van der Waals surface area contributed by atoms with E-state index in [1.807, 2.05) is 59.2 Å². The van der Waals surface area contributed by atoms with Crippen LogP contribution in [0.2, 0.25) is 10.0 Å². The number of aromatic nitrogens is 5. The minimum absolute atomic E-state index is 0.181. The summed E-state index contributed by atoms with van der Waals surface area (Å²) >= 11 is 13.5. The van der Waals surface area contributed by atoms with Crippen LogP contribution in [-0.4, -0.2) is 24.1 Å². The fourth-order valence-corrected chi connectivity index (χ4v) is 4.43. The largest absolute Gasteiger partial charge is 0.270 e. The predicted octanol–water partition coefficient (Wildman–Crippen LogP) is 5.54. The van der Waals surface area contributed by atoms with Gasteiger partial charge in [-0.15, -0.1) is 10.2 Å². The van der Waals surface area contributed by atoms with Gasteiger partial charge in [0.25, 0.3) is 5.56 Å². The van der Waals surface area contributed by atoms with Crippen molar-refractivity contribution in [1.82, 2.24) is 24.1 Å². The number of hydrogen-bond donors (Lipinski definition) is 0. The maximum absolute atomic E-state index is 12.5. The molecule has 0 saturated heterocycles. The second-order valence-corrected chi connectivity index (χ2v) is 8.75. The number of thioether (sulfide) groups is 1. The van der Waals surface area contributed by atoms with Gasteiger partial charge in [0, 0.05) is 34.3 Å². The summed E-state index contributed by atoms with van der Waals surface area (Å²) in [6.07, 6.45) is 1.56. The Hall–Kier alpha value is -3.13. The molecule has 32 heavy (non-hydrogen) atoms. The second-order valence-electron chi connectivity index (χ2n) is 6.93. The molecule has 0 unspecified atom stereocenters. The summed E-state index contributed by atoms with van der Waals surface area (Å²) < 4.78 is 3.42. The minimum Gasteiger partial charge on any atom is -0.270 e. The highest BCUT2D eigenvalue weighted by Crippen LogP contribution is 2.30. The molecule has 0 spiro atoms. The summed E-state index contributed by atoms with van der Waals surface area (Å²) in [6.45, 7) is 0. The molecule has 6 nitrogen and oxygen atoms in total. The van der Waals surface area contributed by atoms with Crippen LogP contribution in [0.1, 0.15) is 5.69 Å². The summed E-state index contributed by atoms with van der Waals surface area (Å²) in [4.78, 5) is 17.1. The third kappa shape index (κ3) is 4.14. The molecule has 0 aliphatic rings. The molecule has 0 bridgehead atoms. The maximum atomic E-state index is 12.5. The van der Waals surface area contributed by atoms with Crippen LogP contribution in [0.3, 0.4) is 0 Å². The quantitative estimate of drug-likeness (QED) is 0.309. The number of para-hydroxylation sites is 1. The number of rotatable bonds is 5. The van der Waals surface area contributed by atoms with E-state index < -0.39 is 0 Å². The van der Waals surface area contributed by atoms with Crippen molar-refractivity contribution in [2.45, 2.75) is 10.9 Å². The molecule has 5 rings (SSSR count). The van der Waals surface area contributed by atoms with Crippen LogP contribution in [-0.2, 0) is 5.75 Å². The average Bonchev–Trinajstić information content (AvgIpc) is 3.23. The fraction of sp³-hybridized carbons (Fsp3) is 0.0435. The van der Waals surface area contributed by atoms with E-state index in [0.29, 0.717) is 38.1 Å². The predicted molar refractivity (Wildman–Crippen MR) is 128 cm³/mol. The molecule has 0 aliphatic carbocycles. The van der Waals surface area contributed by atoms with Crippen molar-refractivity contribution in [3.63, 3.8) is 0 Å². The van der Waals surface area contributed by atoms with Crippen molar-refractivity contribution in [3.8, 4) is 17.1 Å². The number of fused-ring (bicyclic) bond motifs is 1. The molecule has 0 aliphatic heterocycles. The topological polar surface area (TPSA) is 65.1 Å².